The first-order valence-corrected chi connectivity index (χ1v) is 7.19. The van der Waals surface area contributed by atoms with Crippen LogP contribution in [0.2, 0.25) is 0 Å². The number of hydrogen-bond acceptors (Lipinski definition) is 5. The largest absolute Gasteiger partial charge is 0.474 e. The summed E-state index contributed by atoms with van der Waals surface area (Å²) in [6, 6.07) is 0. The topological polar surface area (TPSA) is 55.2 Å². The second-order valence-corrected chi connectivity index (χ2v) is 5.47. The van der Waals surface area contributed by atoms with E-state index in [9.17, 15) is 0 Å². The van der Waals surface area contributed by atoms with Crippen LogP contribution < -0.4 is 4.74 Å². The quantitative estimate of drug-likeness (QED) is 0.917. The van der Waals surface area contributed by atoms with Crippen molar-refractivity contribution in [2.24, 2.45) is 0 Å². The van der Waals surface area contributed by atoms with E-state index in [2.05, 4.69) is 22.1 Å². The van der Waals surface area contributed by atoms with Crippen LogP contribution in [0.3, 0.4) is 0 Å². The van der Waals surface area contributed by atoms with Crippen LogP contribution in [0.15, 0.2) is 12.4 Å². The van der Waals surface area contributed by atoms with Crippen molar-refractivity contribution in [2.45, 2.75) is 33.3 Å². The first kappa shape index (κ1) is 14.0. The maximum atomic E-state index is 7.57. The Bertz CT molecular complexity index is 590. The standard InChI is InChI=1S/C12H12N2OS.C2H6O/c1-7(2)15-11-10-8-4-3-5-9(8)16-12(10)14-6-13-11;1-2-3/h3-4,6-7H,5H2,1-2H3;3H,2H2,1H3. The highest BCUT2D eigenvalue weighted by atomic mass is 32.1. The number of aliphatic hydroxyl groups is 1. The SMILES string of the molecule is CC(C)Oc1ncnc2sc3c(c12)C=CC3.CCO. The third-order valence-electron chi connectivity index (χ3n) is 2.50. The highest BCUT2D eigenvalue weighted by molar-refractivity contribution is 7.19. The Kier molecular flexibility index (Phi) is 4.50. The number of hydrogen-bond donors (Lipinski definition) is 1. The van der Waals surface area contributed by atoms with E-state index in [1.54, 1.807) is 24.6 Å². The zero-order valence-electron chi connectivity index (χ0n) is 11.4. The molecule has 0 atom stereocenters. The van der Waals surface area contributed by atoms with Gasteiger partial charge < -0.3 is 9.84 Å². The summed E-state index contributed by atoms with van der Waals surface area (Å²) in [5, 5.41) is 8.64. The fraction of sp³-hybridized carbons (Fsp3) is 0.429. The minimum Gasteiger partial charge on any atom is -0.474 e. The van der Waals surface area contributed by atoms with Gasteiger partial charge in [0.05, 0.1) is 11.5 Å². The molecule has 0 bridgehead atoms. The summed E-state index contributed by atoms with van der Waals surface area (Å²) in [5.41, 5.74) is 1.25. The molecule has 5 heteroatoms. The van der Waals surface area contributed by atoms with Crippen LogP contribution in [0.1, 0.15) is 31.2 Å². The van der Waals surface area contributed by atoms with E-state index in [1.165, 1.54) is 10.4 Å². The summed E-state index contributed by atoms with van der Waals surface area (Å²) in [5.74, 6) is 0.712. The maximum absolute atomic E-state index is 7.57. The van der Waals surface area contributed by atoms with Gasteiger partial charge in [-0.15, -0.1) is 11.3 Å². The van der Waals surface area contributed by atoms with Gasteiger partial charge in [-0.05, 0) is 20.8 Å². The van der Waals surface area contributed by atoms with Gasteiger partial charge in [-0.25, -0.2) is 9.97 Å². The van der Waals surface area contributed by atoms with E-state index in [0.717, 1.165) is 16.6 Å². The van der Waals surface area contributed by atoms with E-state index < -0.39 is 0 Å². The lowest BCUT2D eigenvalue weighted by Crippen LogP contribution is -2.07. The van der Waals surface area contributed by atoms with E-state index in [-0.39, 0.29) is 12.7 Å². The first-order valence-electron chi connectivity index (χ1n) is 6.37. The van der Waals surface area contributed by atoms with Gasteiger partial charge in [-0.1, -0.05) is 12.2 Å². The number of allylic oxidation sites excluding steroid dienone is 1. The average molecular weight is 278 g/mol. The van der Waals surface area contributed by atoms with E-state index in [1.807, 2.05) is 13.8 Å². The lowest BCUT2D eigenvalue weighted by molar-refractivity contribution is 0.236. The highest BCUT2D eigenvalue weighted by Crippen LogP contribution is 2.39. The smallest absolute Gasteiger partial charge is 0.226 e. The van der Waals surface area contributed by atoms with Crippen molar-refractivity contribution >= 4 is 27.6 Å². The van der Waals surface area contributed by atoms with Crippen molar-refractivity contribution < 1.29 is 9.84 Å². The zero-order valence-corrected chi connectivity index (χ0v) is 12.2. The molecular formula is C14H18N2O2S. The number of nitrogens with zero attached hydrogens (tertiary/aromatic N) is 2. The summed E-state index contributed by atoms with van der Waals surface area (Å²) < 4.78 is 5.73. The second kappa shape index (κ2) is 6.12. The molecule has 1 aliphatic carbocycles. The van der Waals surface area contributed by atoms with Crippen molar-refractivity contribution in [2.75, 3.05) is 6.61 Å². The van der Waals surface area contributed by atoms with Gasteiger partial charge >= 0.3 is 0 Å². The van der Waals surface area contributed by atoms with Crippen molar-refractivity contribution in [3.05, 3.63) is 22.8 Å². The first-order chi connectivity index (χ1) is 9.17. The van der Waals surface area contributed by atoms with Crippen molar-refractivity contribution in [3.63, 3.8) is 0 Å². The third kappa shape index (κ3) is 2.93. The Morgan fingerprint density at radius 2 is 2.16 bits per heavy atom. The monoisotopic (exact) mass is 278 g/mol. The number of rotatable bonds is 2. The molecule has 0 aliphatic heterocycles. The van der Waals surface area contributed by atoms with Crippen LogP contribution in [-0.4, -0.2) is 27.8 Å². The Labute approximate surface area is 116 Å². The number of aromatic nitrogens is 2. The summed E-state index contributed by atoms with van der Waals surface area (Å²) in [4.78, 5) is 10.9. The third-order valence-corrected chi connectivity index (χ3v) is 3.64. The second-order valence-electron chi connectivity index (χ2n) is 4.39. The zero-order chi connectivity index (χ0) is 13.8. The molecule has 2 heterocycles. The molecule has 102 valence electrons. The van der Waals surface area contributed by atoms with Gasteiger partial charge in [-0.2, -0.15) is 0 Å². The fourth-order valence-corrected chi connectivity index (χ4v) is 2.99. The molecule has 0 saturated heterocycles. The molecule has 0 radical (unpaired) electrons. The van der Waals surface area contributed by atoms with E-state index in [4.69, 9.17) is 9.84 Å². The van der Waals surface area contributed by atoms with Crippen LogP contribution >= 0.6 is 11.3 Å². The van der Waals surface area contributed by atoms with Crippen molar-refractivity contribution in [3.8, 4) is 5.88 Å². The molecule has 0 unspecified atom stereocenters. The van der Waals surface area contributed by atoms with Gasteiger partial charge in [0.25, 0.3) is 0 Å². The molecule has 19 heavy (non-hydrogen) atoms. The molecule has 0 amide bonds. The average Bonchev–Trinajstić information content (AvgIpc) is 2.88. The molecule has 0 fully saturated rings. The van der Waals surface area contributed by atoms with Gasteiger partial charge in [0, 0.05) is 23.5 Å². The van der Waals surface area contributed by atoms with Crippen LogP contribution in [0.5, 0.6) is 5.88 Å². The molecule has 2 aromatic heterocycles. The lowest BCUT2D eigenvalue weighted by atomic mass is 10.2. The molecule has 3 rings (SSSR count). The fourth-order valence-electron chi connectivity index (χ4n) is 1.90. The van der Waals surface area contributed by atoms with Crippen LogP contribution in [-0.2, 0) is 6.42 Å². The normalized spacial score (nSPS) is 12.5. The summed E-state index contributed by atoms with van der Waals surface area (Å²) in [6.07, 6.45) is 7.05. The summed E-state index contributed by atoms with van der Waals surface area (Å²) in [6.45, 7) is 5.95. The Balaban J connectivity index is 0.000000408. The predicted octanol–water partition coefficient (Wildman–Crippen LogP) is 3.05. The minimum atomic E-state index is 0.138. The molecule has 4 nitrogen and oxygen atoms in total. The number of ether oxygens (including phenoxy) is 1. The van der Waals surface area contributed by atoms with Gasteiger partial charge in [0.2, 0.25) is 5.88 Å². The molecule has 0 spiro atoms. The molecule has 1 aliphatic rings. The van der Waals surface area contributed by atoms with Gasteiger partial charge in [0.1, 0.15) is 11.2 Å². The van der Waals surface area contributed by atoms with Crippen molar-refractivity contribution in [1.29, 1.82) is 0 Å². The summed E-state index contributed by atoms with van der Waals surface area (Å²) in [7, 11) is 0. The molecule has 0 saturated carbocycles. The maximum Gasteiger partial charge on any atom is 0.226 e. The molecule has 2 aromatic rings. The number of thiophene rings is 1. The number of aliphatic hydroxyl groups excluding tert-OH is 1. The predicted molar refractivity (Wildman–Crippen MR) is 78.7 cm³/mol. The Hall–Kier alpha value is -1.46. The highest BCUT2D eigenvalue weighted by Gasteiger charge is 2.18. The molecule has 0 aromatic carbocycles. The van der Waals surface area contributed by atoms with Crippen LogP contribution in [0, 0.1) is 0 Å². The number of fused-ring (bicyclic) bond motifs is 3. The van der Waals surface area contributed by atoms with E-state index in [0.29, 0.717) is 5.88 Å². The minimum absolute atomic E-state index is 0.138. The Morgan fingerprint density at radius 3 is 2.84 bits per heavy atom. The summed E-state index contributed by atoms with van der Waals surface area (Å²) >= 11 is 1.73. The van der Waals surface area contributed by atoms with Crippen molar-refractivity contribution in [1.82, 2.24) is 9.97 Å². The van der Waals surface area contributed by atoms with Crippen LogP contribution in [0.4, 0.5) is 0 Å². The van der Waals surface area contributed by atoms with Gasteiger partial charge in [0.15, 0.2) is 0 Å². The molecular weight excluding hydrogens is 260 g/mol. The van der Waals surface area contributed by atoms with E-state index >= 15 is 0 Å². The Morgan fingerprint density at radius 1 is 1.42 bits per heavy atom. The van der Waals surface area contributed by atoms with Gasteiger partial charge in [-0.3, -0.25) is 0 Å². The molecule has 1 N–H and O–H groups in total. The van der Waals surface area contributed by atoms with Crippen LogP contribution in [0.25, 0.3) is 16.3 Å². The lowest BCUT2D eigenvalue weighted by Gasteiger charge is -2.09.